The molecule has 0 aliphatic carbocycles. The molecule has 1 aliphatic rings. The van der Waals surface area contributed by atoms with Gasteiger partial charge in [0.1, 0.15) is 12.7 Å². The van der Waals surface area contributed by atoms with Crippen molar-refractivity contribution in [2.45, 2.75) is 51.4 Å². The number of nitrogens with one attached hydrogen (secondary N) is 2. The number of ether oxygens (including phenoxy) is 1. The second-order valence-electron chi connectivity index (χ2n) is 10.7. The summed E-state index contributed by atoms with van der Waals surface area (Å²) in [5, 5.41) is 3.06. The van der Waals surface area contributed by atoms with Gasteiger partial charge in [-0.25, -0.2) is 17.5 Å². The van der Waals surface area contributed by atoms with Crippen LogP contribution >= 0.6 is 11.6 Å². The van der Waals surface area contributed by atoms with Crippen LogP contribution in [0.15, 0.2) is 60.2 Å². The van der Waals surface area contributed by atoms with Crippen LogP contribution in [0.5, 0.6) is 0 Å². The number of hydrogen-bond donors (Lipinski definition) is 3. The third-order valence-electron chi connectivity index (χ3n) is 6.39. The molecule has 0 spiro atoms. The number of carbonyl (C=O) groups excluding carboxylic acids is 2. The number of carbonyl (C=O) groups is 2. The van der Waals surface area contributed by atoms with Gasteiger partial charge in [0.15, 0.2) is 0 Å². The van der Waals surface area contributed by atoms with Crippen LogP contribution < -0.4 is 15.8 Å². The number of rotatable bonds is 12. The third kappa shape index (κ3) is 7.88. The van der Waals surface area contributed by atoms with E-state index >= 15 is 0 Å². The van der Waals surface area contributed by atoms with E-state index in [-0.39, 0.29) is 31.2 Å². The third-order valence-corrected chi connectivity index (χ3v) is 8.44. The molecule has 3 rings (SSSR count). The average Bonchev–Trinajstić information content (AvgIpc) is 3.05. The Kier molecular flexibility index (Phi) is 10.1. The zero-order valence-electron chi connectivity index (χ0n) is 23.0. The molecule has 2 aromatic rings. The van der Waals surface area contributed by atoms with Crippen molar-refractivity contribution in [3.05, 3.63) is 76.3 Å². The maximum atomic E-state index is 13.8. The van der Waals surface area contributed by atoms with E-state index in [0.29, 0.717) is 16.2 Å². The standard InChI is InChI=1S/C28H36ClFN4O5S/c1-27(2,31)26(36)32-23(18-39-17-19-8-6-5-7-9-19)25(35)34(15-14-30)16-22-24(20-10-12-21(29)13-11-20)40(37,38)33-28(22,3)4/h5-13,23,33H,14-18,31H2,1-4H3,(H,32,36)/t23-/m1/s1. The largest absolute Gasteiger partial charge is 0.374 e. The fourth-order valence-electron chi connectivity index (χ4n) is 4.26. The molecule has 0 fully saturated rings. The van der Waals surface area contributed by atoms with Gasteiger partial charge in [0.05, 0.1) is 29.2 Å². The predicted octanol–water partition coefficient (Wildman–Crippen LogP) is 3.00. The lowest BCUT2D eigenvalue weighted by Gasteiger charge is -2.32. The van der Waals surface area contributed by atoms with Gasteiger partial charge in [-0.05, 0) is 56.5 Å². The quantitative estimate of drug-likeness (QED) is 0.346. The topological polar surface area (TPSA) is 131 Å². The Labute approximate surface area is 239 Å². The second kappa shape index (κ2) is 12.8. The van der Waals surface area contributed by atoms with Crippen LogP contribution in [-0.2, 0) is 31.0 Å². The minimum absolute atomic E-state index is 0.00479. The molecule has 0 bridgehead atoms. The Balaban J connectivity index is 1.95. The molecular weight excluding hydrogens is 559 g/mol. The molecule has 1 aliphatic heterocycles. The van der Waals surface area contributed by atoms with Crippen molar-refractivity contribution in [3.8, 4) is 0 Å². The number of sulfonamides is 1. The van der Waals surface area contributed by atoms with Gasteiger partial charge in [-0.2, -0.15) is 0 Å². The number of halogens is 2. The van der Waals surface area contributed by atoms with Crippen LogP contribution in [0.3, 0.4) is 0 Å². The lowest BCUT2D eigenvalue weighted by atomic mass is 9.92. The zero-order valence-corrected chi connectivity index (χ0v) is 24.6. The van der Waals surface area contributed by atoms with E-state index in [4.69, 9.17) is 22.1 Å². The molecule has 4 N–H and O–H groups in total. The van der Waals surface area contributed by atoms with Gasteiger partial charge < -0.3 is 20.7 Å². The van der Waals surface area contributed by atoms with Crippen LogP contribution in [0.2, 0.25) is 5.02 Å². The van der Waals surface area contributed by atoms with Crippen molar-refractivity contribution < 1.29 is 27.1 Å². The molecule has 0 saturated heterocycles. The van der Waals surface area contributed by atoms with E-state index in [9.17, 15) is 22.4 Å². The number of hydrogen-bond acceptors (Lipinski definition) is 6. The number of benzene rings is 2. The first-order valence-electron chi connectivity index (χ1n) is 12.8. The SMILES string of the molecule is CC(C)(N)C(=O)N[C@H](COCc1ccccc1)C(=O)N(CCF)CC1=C(c2ccc(Cl)cc2)S(=O)(=O)NC1(C)C. The predicted molar refractivity (Wildman–Crippen MR) is 153 cm³/mol. The summed E-state index contributed by atoms with van der Waals surface area (Å²) < 4.78 is 48.5. The number of nitrogens with two attached hydrogens (primary N) is 1. The van der Waals surface area contributed by atoms with E-state index in [2.05, 4.69) is 10.0 Å². The highest BCUT2D eigenvalue weighted by molar-refractivity contribution is 7.99. The van der Waals surface area contributed by atoms with Crippen LogP contribution in [0.4, 0.5) is 4.39 Å². The minimum atomic E-state index is -3.96. The number of nitrogens with zero attached hydrogens (tertiary/aromatic N) is 1. The van der Waals surface area contributed by atoms with Crippen molar-refractivity contribution in [3.63, 3.8) is 0 Å². The summed E-state index contributed by atoms with van der Waals surface area (Å²) in [7, 11) is -3.96. The minimum Gasteiger partial charge on any atom is -0.374 e. The lowest BCUT2D eigenvalue weighted by Crippen LogP contribution is -2.58. The summed E-state index contributed by atoms with van der Waals surface area (Å²) in [5.41, 5.74) is 5.18. The Hall–Kier alpha value is -2.83. The summed E-state index contributed by atoms with van der Waals surface area (Å²) in [6.45, 7) is 4.87. The fourth-order valence-corrected chi connectivity index (χ4v) is 6.38. The molecule has 0 aromatic heterocycles. The van der Waals surface area contributed by atoms with Crippen molar-refractivity contribution in [2.24, 2.45) is 5.73 Å². The molecule has 40 heavy (non-hydrogen) atoms. The van der Waals surface area contributed by atoms with Gasteiger partial charge in [-0.15, -0.1) is 0 Å². The summed E-state index contributed by atoms with van der Waals surface area (Å²) in [6, 6.07) is 14.4. The molecule has 0 saturated carbocycles. The molecule has 218 valence electrons. The summed E-state index contributed by atoms with van der Waals surface area (Å²) >= 11 is 6.01. The monoisotopic (exact) mass is 594 g/mol. The molecule has 2 amide bonds. The Morgan fingerprint density at radius 2 is 1.77 bits per heavy atom. The second-order valence-corrected chi connectivity index (χ2v) is 12.8. The van der Waals surface area contributed by atoms with Crippen LogP contribution in [0.25, 0.3) is 4.91 Å². The van der Waals surface area contributed by atoms with Crippen LogP contribution in [-0.4, -0.2) is 68.6 Å². The van der Waals surface area contributed by atoms with Crippen molar-refractivity contribution >= 4 is 38.3 Å². The van der Waals surface area contributed by atoms with Crippen LogP contribution in [0.1, 0.15) is 38.8 Å². The van der Waals surface area contributed by atoms with E-state index < -0.39 is 45.6 Å². The van der Waals surface area contributed by atoms with E-state index in [0.717, 1.165) is 5.56 Å². The molecule has 1 heterocycles. The number of alkyl halides is 1. The van der Waals surface area contributed by atoms with E-state index in [1.807, 2.05) is 30.3 Å². The Morgan fingerprint density at radius 1 is 1.15 bits per heavy atom. The maximum absolute atomic E-state index is 13.8. The van der Waals surface area contributed by atoms with Gasteiger partial charge in [0.2, 0.25) is 21.8 Å². The molecule has 12 heteroatoms. The van der Waals surface area contributed by atoms with Gasteiger partial charge >= 0.3 is 0 Å². The Morgan fingerprint density at radius 3 is 2.35 bits per heavy atom. The molecular formula is C28H36ClFN4O5S. The van der Waals surface area contributed by atoms with E-state index in [1.165, 1.54) is 18.7 Å². The van der Waals surface area contributed by atoms with Crippen molar-refractivity contribution in [2.75, 3.05) is 26.4 Å². The summed E-state index contributed by atoms with van der Waals surface area (Å²) in [6.07, 6.45) is 0. The molecule has 1 atom stereocenters. The molecule has 0 radical (unpaired) electrons. The first-order chi connectivity index (χ1) is 18.7. The average molecular weight is 595 g/mol. The molecule has 0 unspecified atom stereocenters. The van der Waals surface area contributed by atoms with E-state index in [1.54, 1.807) is 38.1 Å². The highest BCUT2D eigenvalue weighted by Gasteiger charge is 2.44. The molecule has 9 nitrogen and oxygen atoms in total. The molecule has 2 aromatic carbocycles. The fraction of sp³-hybridized carbons (Fsp3) is 0.429. The zero-order chi connectivity index (χ0) is 29.7. The highest BCUT2D eigenvalue weighted by Crippen LogP contribution is 2.38. The first-order valence-corrected chi connectivity index (χ1v) is 14.6. The first kappa shape index (κ1) is 31.7. The Bertz CT molecular complexity index is 1340. The van der Waals surface area contributed by atoms with Crippen molar-refractivity contribution in [1.82, 2.24) is 14.9 Å². The normalized spacial score (nSPS) is 17.0. The van der Waals surface area contributed by atoms with Crippen LogP contribution in [0, 0.1) is 0 Å². The van der Waals surface area contributed by atoms with Gasteiger partial charge in [0.25, 0.3) is 0 Å². The summed E-state index contributed by atoms with van der Waals surface area (Å²) in [5.74, 6) is -1.23. The van der Waals surface area contributed by atoms with Gasteiger partial charge in [0, 0.05) is 18.1 Å². The summed E-state index contributed by atoms with van der Waals surface area (Å²) in [4.78, 5) is 27.7. The van der Waals surface area contributed by atoms with Crippen molar-refractivity contribution in [1.29, 1.82) is 0 Å². The maximum Gasteiger partial charge on any atom is 0.247 e. The highest BCUT2D eigenvalue weighted by atomic mass is 35.5. The van der Waals surface area contributed by atoms with Gasteiger partial charge in [-0.1, -0.05) is 54.1 Å². The lowest BCUT2D eigenvalue weighted by molar-refractivity contribution is -0.139. The number of amides is 2. The smallest absolute Gasteiger partial charge is 0.247 e. The van der Waals surface area contributed by atoms with Gasteiger partial charge in [-0.3, -0.25) is 9.59 Å².